The van der Waals surface area contributed by atoms with Crippen molar-refractivity contribution in [3.05, 3.63) is 18.1 Å². The number of nitrogens with one attached hydrogen (secondary N) is 1. The van der Waals surface area contributed by atoms with Crippen LogP contribution in [-0.2, 0) is 0 Å². The highest BCUT2D eigenvalue weighted by Crippen LogP contribution is 2.30. The molecule has 5 heteroatoms. The molecule has 0 aliphatic carbocycles. The van der Waals surface area contributed by atoms with Gasteiger partial charge in [-0.25, -0.2) is 9.97 Å². The zero-order valence-corrected chi connectivity index (χ0v) is 11.8. The highest BCUT2D eigenvalue weighted by Gasteiger charge is 2.32. The summed E-state index contributed by atoms with van der Waals surface area (Å²) < 4.78 is 0. The summed E-state index contributed by atoms with van der Waals surface area (Å²) in [5.41, 5.74) is 0.392. The first-order valence-corrected chi connectivity index (χ1v) is 7.57. The summed E-state index contributed by atoms with van der Waals surface area (Å²) in [5.74, 6) is 1.29. The van der Waals surface area contributed by atoms with Gasteiger partial charge in [0.2, 0.25) is 0 Å². The first-order valence-electron chi connectivity index (χ1n) is 7.57. The van der Waals surface area contributed by atoms with Crippen molar-refractivity contribution in [2.75, 3.05) is 25.0 Å². The van der Waals surface area contributed by atoms with E-state index in [1.165, 1.54) is 45.2 Å². The van der Waals surface area contributed by atoms with E-state index in [9.17, 15) is 0 Å². The number of aromatic nitrogens is 2. The van der Waals surface area contributed by atoms with Crippen molar-refractivity contribution in [1.82, 2.24) is 14.9 Å². The van der Waals surface area contributed by atoms with Crippen LogP contribution in [0.25, 0.3) is 0 Å². The van der Waals surface area contributed by atoms with Gasteiger partial charge >= 0.3 is 0 Å². The van der Waals surface area contributed by atoms with Gasteiger partial charge in [0.25, 0.3) is 0 Å². The molecule has 2 saturated heterocycles. The molecular weight excluding hydrogens is 250 g/mol. The van der Waals surface area contributed by atoms with Crippen LogP contribution in [0.5, 0.6) is 0 Å². The summed E-state index contributed by atoms with van der Waals surface area (Å²) >= 11 is 0. The number of hydrogen-bond acceptors (Lipinski definition) is 5. The van der Waals surface area contributed by atoms with Gasteiger partial charge in [0.15, 0.2) is 11.5 Å². The number of piperidine rings is 2. The molecule has 0 radical (unpaired) electrons. The maximum absolute atomic E-state index is 9.04. The van der Waals surface area contributed by atoms with Gasteiger partial charge in [0.05, 0.1) is 0 Å². The third kappa shape index (κ3) is 2.75. The largest absolute Gasteiger partial charge is 0.367 e. The normalized spacial score (nSPS) is 26.6. The van der Waals surface area contributed by atoms with Gasteiger partial charge < -0.3 is 10.2 Å². The van der Waals surface area contributed by atoms with Crippen LogP contribution >= 0.6 is 0 Å². The quantitative estimate of drug-likeness (QED) is 0.911. The fraction of sp³-hybridized carbons (Fsp3) is 0.667. The molecule has 3 rings (SSSR count). The summed E-state index contributed by atoms with van der Waals surface area (Å²) in [6, 6.07) is 2.81. The number of nitriles is 1. The Morgan fingerprint density at radius 1 is 1.20 bits per heavy atom. The molecule has 1 N–H and O–H groups in total. The number of hydrogen-bond donors (Lipinski definition) is 1. The van der Waals surface area contributed by atoms with Gasteiger partial charge in [-0.2, -0.15) is 5.26 Å². The van der Waals surface area contributed by atoms with Crippen molar-refractivity contribution in [3.63, 3.8) is 0 Å². The van der Waals surface area contributed by atoms with Crippen LogP contribution in [0, 0.1) is 17.2 Å². The summed E-state index contributed by atoms with van der Waals surface area (Å²) in [6.45, 7) is 3.42. The molecule has 0 aromatic carbocycles. The van der Waals surface area contributed by atoms with Crippen molar-refractivity contribution in [2.45, 2.75) is 38.1 Å². The second-order valence-corrected chi connectivity index (χ2v) is 5.75. The number of anilines is 1. The van der Waals surface area contributed by atoms with Crippen LogP contribution in [-0.4, -0.2) is 40.5 Å². The van der Waals surface area contributed by atoms with Crippen LogP contribution < -0.4 is 5.32 Å². The molecule has 0 spiro atoms. The van der Waals surface area contributed by atoms with E-state index in [0.29, 0.717) is 23.5 Å². The predicted molar refractivity (Wildman–Crippen MR) is 77.2 cm³/mol. The maximum Gasteiger partial charge on any atom is 0.182 e. The van der Waals surface area contributed by atoms with E-state index in [0.717, 1.165) is 6.54 Å². The maximum atomic E-state index is 9.04. The molecule has 2 atom stereocenters. The lowest BCUT2D eigenvalue weighted by atomic mass is 9.83. The molecule has 2 aliphatic heterocycles. The van der Waals surface area contributed by atoms with Crippen molar-refractivity contribution in [1.29, 1.82) is 5.26 Å². The average Bonchev–Trinajstić information content (AvgIpc) is 2.53. The van der Waals surface area contributed by atoms with Gasteiger partial charge in [0.1, 0.15) is 6.07 Å². The molecule has 0 saturated carbocycles. The third-order valence-electron chi connectivity index (χ3n) is 4.56. The first kappa shape index (κ1) is 13.3. The first-order chi connectivity index (χ1) is 9.88. The van der Waals surface area contributed by atoms with Crippen LogP contribution in [0.1, 0.15) is 37.8 Å². The highest BCUT2D eigenvalue weighted by molar-refractivity contribution is 5.46. The molecule has 3 heterocycles. The predicted octanol–water partition coefficient (Wildman–Crippen LogP) is 2.02. The Morgan fingerprint density at radius 3 is 2.95 bits per heavy atom. The Labute approximate surface area is 120 Å². The molecule has 5 nitrogen and oxygen atoms in total. The molecule has 2 fully saturated rings. The fourth-order valence-electron chi connectivity index (χ4n) is 3.59. The standard InChI is InChI=1S/C15H21N5/c16-10-13-15(18-7-6-17-13)19-11-12-4-3-9-20-8-2-1-5-14(12)20/h6-7,12,14H,1-5,8-9,11H2,(H,18,19)/t12-,14+/m0/s1. The Bertz CT molecular complexity index is 493. The van der Waals surface area contributed by atoms with Crippen LogP contribution in [0.15, 0.2) is 12.4 Å². The lowest BCUT2D eigenvalue weighted by Crippen LogP contribution is -2.49. The topological polar surface area (TPSA) is 64.8 Å². The molecule has 2 aliphatic rings. The van der Waals surface area contributed by atoms with Gasteiger partial charge in [-0.3, -0.25) is 0 Å². The lowest BCUT2D eigenvalue weighted by molar-refractivity contribution is 0.0649. The van der Waals surface area contributed by atoms with Gasteiger partial charge in [0, 0.05) is 25.0 Å². The smallest absolute Gasteiger partial charge is 0.182 e. The minimum Gasteiger partial charge on any atom is -0.367 e. The van der Waals surface area contributed by atoms with E-state index in [4.69, 9.17) is 5.26 Å². The number of nitrogens with zero attached hydrogens (tertiary/aromatic N) is 4. The van der Waals surface area contributed by atoms with E-state index >= 15 is 0 Å². The Balaban J connectivity index is 1.64. The second-order valence-electron chi connectivity index (χ2n) is 5.75. The summed E-state index contributed by atoms with van der Waals surface area (Å²) in [5, 5.41) is 12.4. The summed E-state index contributed by atoms with van der Waals surface area (Å²) in [7, 11) is 0. The monoisotopic (exact) mass is 271 g/mol. The lowest BCUT2D eigenvalue weighted by Gasteiger charge is -2.44. The molecular formula is C15H21N5. The average molecular weight is 271 g/mol. The van der Waals surface area contributed by atoms with E-state index in [-0.39, 0.29) is 0 Å². The number of rotatable bonds is 3. The van der Waals surface area contributed by atoms with E-state index in [1.54, 1.807) is 12.4 Å². The highest BCUT2D eigenvalue weighted by atomic mass is 15.2. The SMILES string of the molecule is N#Cc1nccnc1NC[C@@H]1CCCN2CCCC[C@H]12. The molecule has 0 bridgehead atoms. The fourth-order valence-corrected chi connectivity index (χ4v) is 3.59. The minimum absolute atomic E-state index is 0.392. The molecule has 20 heavy (non-hydrogen) atoms. The Kier molecular flexibility index (Phi) is 4.12. The van der Waals surface area contributed by atoms with Crippen molar-refractivity contribution >= 4 is 5.82 Å². The van der Waals surface area contributed by atoms with Gasteiger partial charge in [-0.15, -0.1) is 0 Å². The zero-order valence-electron chi connectivity index (χ0n) is 11.8. The van der Waals surface area contributed by atoms with Crippen molar-refractivity contribution in [3.8, 4) is 6.07 Å². The second kappa shape index (κ2) is 6.19. The summed E-state index contributed by atoms with van der Waals surface area (Å²) in [4.78, 5) is 10.9. The number of fused-ring (bicyclic) bond motifs is 1. The van der Waals surface area contributed by atoms with E-state index in [1.807, 2.05) is 0 Å². The molecule has 0 amide bonds. The van der Waals surface area contributed by atoms with Crippen LogP contribution in [0.3, 0.4) is 0 Å². The summed E-state index contributed by atoms with van der Waals surface area (Å²) in [6.07, 6.45) is 9.78. The molecule has 0 unspecified atom stereocenters. The van der Waals surface area contributed by atoms with Crippen LogP contribution in [0.2, 0.25) is 0 Å². The Morgan fingerprint density at radius 2 is 2.05 bits per heavy atom. The van der Waals surface area contributed by atoms with E-state index < -0.39 is 0 Å². The van der Waals surface area contributed by atoms with Gasteiger partial charge in [-0.05, 0) is 44.7 Å². The van der Waals surface area contributed by atoms with Gasteiger partial charge in [-0.1, -0.05) is 6.42 Å². The van der Waals surface area contributed by atoms with Crippen LogP contribution in [0.4, 0.5) is 5.82 Å². The minimum atomic E-state index is 0.392. The van der Waals surface area contributed by atoms with Crippen molar-refractivity contribution < 1.29 is 0 Å². The zero-order chi connectivity index (χ0) is 13.8. The Hall–Kier alpha value is -1.67. The molecule has 1 aromatic rings. The molecule has 106 valence electrons. The third-order valence-corrected chi connectivity index (χ3v) is 4.56. The van der Waals surface area contributed by atoms with Crippen molar-refractivity contribution in [2.24, 2.45) is 5.92 Å². The van der Waals surface area contributed by atoms with E-state index in [2.05, 4.69) is 26.3 Å². The molecule has 1 aromatic heterocycles.